The zero-order valence-corrected chi connectivity index (χ0v) is 21.8. The third-order valence-corrected chi connectivity index (χ3v) is 8.84. The Kier molecular flexibility index (Phi) is 6.44. The van der Waals surface area contributed by atoms with Gasteiger partial charge in [0.2, 0.25) is 0 Å². The van der Waals surface area contributed by atoms with Crippen molar-refractivity contribution in [1.29, 1.82) is 0 Å². The van der Waals surface area contributed by atoms with E-state index in [0.29, 0.717) is 21.4 Å². The Morgan fingerprint density at radius 2 is 1.92 bits per heavy atom. The first-order valence-corrected chi connectivity index (χ1v) is 12.9. The molecule has 0 radical (unpaired) electrons. The van der Waals surface area contributed by atoms with E-state index in [9.17, 15) is 4.79 Å². The molecule has 11 heteroatoms. The topological polar surface area (TPSA) is 140 Å². The fraction of sp³-hybridized carbons (Fsp3) is 0.360. The van der Waals surface area contributed by atoms with Crippen molar-refractivity contribution in [3.8, 4) is 0 Å². The molecule has 5 rings (SSSR count). The number of fused-ring (bicyclic) bond motifs is 1. The van der Waals surface area contributed by atoms with Gasteiger partial charge in [0.15, 0.2) is 5.82 Å². The Morgan fingerprint density at radius 1 is 1.17 bits per heavy atom. The van der Waals surface area contributed by atoms with Gasteiger partial charge in [-0.1, -0.05) is 29.4 Å². The Balaban J connectivity index is 1.28. The Labute approximate surface area is 219 Å². The smallest absolute Gasteiger partial charge is 0.253 e. The predicted molar refractivity (Wildman–Crippen MR) is 143 cm³/mol. The van der Waals surface area contributed by atoms with E-state index in [2.05, 4.69) is 25.9 Å². The number of carbonyl (C=O) groups is 1. The SMILES string of the molecule is CN(C)C(=O)c1ccc2c(c1)[C@@H](N)C1(CCN(c3cnc(Sc4ccnc(N)c4Cl)c(N)n3)CC1)C2. The maximum atomic E-state index is 12.4. The van der Waals surface area contributed by atoms with Crippen LogP contribution in [0.4, 0.5) is 17.5 Å². The number of carbonyl (C=O) groups excluding carboxylic acids is 1. The largest absolute Gasteiger partial charge is 0.382 e. The number of anilines is 3. The second-order valence-electron chi connectivity index (χ2n) is 9.65. The molecular weight excluding hydrogens is 496 g/mol. The zero-order valence-electron chi connectivity index (χ0n) is 20.2. The van der Waals surface area contributed by atoms with E-state index in [1.54, 1.807) is 37.5 Å². The molecule has 188 valence electrons. The monoisotopic (exact) mass is 524 g/mol. The van der Waals surface area contributed by atoms with Crippen LogP contribution in [0.1, 0.15) is 40.4 Å². The molecule has 36 heavy (non-hydrogen) atoms. The molecule has 1 fully saturated rings. The molecule has 6 N–H and O–H groups in total. The fourth-order valence-electron chi connectivity index (χ4n) is 5.16. The molecule has 3 aromatic rings. The average Bonchev–Trinajstić information content (AvgIpc) is 3.13. The van der Waals surface area contributed by atoms with Gasteiger partial charge in [0.25, 0.3) is 5.91 Å². The summed E-state index contributed by atoms with van der Waals surface area (Å²) in [5, 5.41) is 0.942. The second kappa shape index (κ2) is 9.42. The minimum Gasteiger partial charge on any atom is -0.382 e. The lowest BCUT2D eigenvalue weighted by Gasteiger charge is -2.42. The number of nitrogens with two attached hydrogens (primary N) is 3. The van der Waals surface area contributed by atoms with Crippen molar-refractivity contribution in [2.45, 2.75) is 35.2 Å². The number of hydrogen-bond acceptors (Lipinski definition) is 9. The van der Waals surface area contributed by atoms with Crippen LogP contribution in [-0.4, -0.2) is 52.9 Å². The first kappa shape index (κ1) is 24.6. The molecule has 1 saturated heterocycles. The normalized spacial score (nSPS) is 18.3. The number of piperidine rings is 1. The number of nitrogen functional groups attached to an aromatic ring is 2. The van der Waals surface area contributed by atoms with Gasteiger partial charge in [0.1, 0.15) is 16.7 Å². The summed E-state index contributed by atoms with van der Waals surface area (Å²) >= 11 is 7.57. The summed E-state index contributed by atoms with van der Waals surface area (Å²) in [6, 6.07) is 7.63. The van der Waals surface area contributed by atoms with Gasteiger partial charge in [-0.2, -0.15) is 0 Å². The zero-order chi connectivity index (χ0) is 25.6. The van der Waals surface area contributed by atoms with Gasteiger partial charge >= 0.3 is 0 Å². The highest BCUT2D eigenvalue weighted by atomic mass is 35.5. The van der Waals surface area contributed by atoms with Crippen LogP contribution in [0.5, 0.6) is 0 Å². The minimum absolute atomic E-state index is 0.00628. The van der Waals surface area contributed by atoms with Crippen molar-refractivity contribution in [2.24, 2.45) is 11.1 Å². The lowest BCUT2D eigenvalue weighted by Crippen LogP contribution is -2.44. The van der Waals surface area contributed by atoms with Gasteiger partial charge in [0, 0.05) is 49.9 Å². The van der Waals surface area contributed by atoms with Crippen molar-refractivity contribution in [1.82, 2.24) is 19.9 Å². The number of hydrogen-bond donors (Lipinski definition) is 3. The van der Waals surface area contributed by atoms with Gasteiger partial charge in [-0.15, -0.1) is 0 Å². The van der Waals surface area contributed by atoms with Crippen LogP contribution in [0.25, 0.3) is 0 Å². The Hall–Kier alpha value is -3.08. The lowest BCUT2D eigenvalue weighted by atomic mass is 9.73. The minimum atomic E-state index is -0.1000. The van der Waals surface area contributed by atoms with Crippen LogP contribution >= 0.6 is 23.4 Å². The van der Waals surface area contributed by atoms with Gasteiger partial charge in [0.05, 0.1) is 11.2 Å². The summed E-state index contributed by atoms with van der Waals surface area (Å²) in [5.41, 5.74) is 21.9. The lowest BCUT2D eigenvalue weighted by molar-refractivity contribution is 0.0827. The molecule has 1 aliphatic heterocycles. The molecule has 1 atom stereocenters. The quantitative estimate of drug-likeness (QED) is 0.468. The average molecular weight is 525 g/mol. The van der Waals surface area contributed by atoms with E-state index in [-0.39, 0.29) is 23.2 Å². The van der Waals surface area contributed by atoms with E-state index in [1.165, 1.54) is 17.3 Å². The van der Waals surface area contributed by atoms with Crippen molar-refractivity contribution >= 4 is 46.7 Å². The number of halogens is 1. The fourth-order valence-corrected chi connectivity index (χ4v) is 6.18. The highest BCUT2D eigenvalue weighted by Crippen LogP contribution is 2.51. The van der Waals surface area contributed by atoms with E-state index in [1.807, 2.05) is 12.1 Å². The molecule has 0 bridgehead atoms. The van der Waals surface area contributed by atoms with Crippen LogP contribution < -0.4 is 22.1 Å². The predicted octanol–water partition coefficient (Wildman–Crippen LogP) is 3.39. The number of nitrogens with zero attached hydrogens (tertiary/aromatic N) is 5. The molecule has 9 nitrogen and oxygen atoms in total. The van der Waals surface area contributed by atoms with E-state index in [0.717, 1.165) is 48.6 Å². The number of pyridine rings is 1. The van der Waals surface area contributed by atoms with Crippen LogP contribution in [-0.2, 0) is 6.42 Å². The summed E-state index contributed by atoms with van der Waals surface area (Å²) in [4.78, 5) is 30.1. The maximum Gasteiger partial charge on any atom is 0.253 e. The number of rotatable bonds is 4. The van der Waals surface area contributed by atoms with Crippen molar-refractivity contribution in [3.63, 3.8) is 0 Å². The molecule has 1 amide bonds. The molecule has 1 spiro atoms. The molecular formula is C25H29ClN8OS. The summed E-state index contributed by atoms with van der Waals surface area (Å²) in [6.45, 7) is 1.61. The first-order valence-electron chi connectivity index (χ1n) is 11.7. The molecule has 1 aromatic carbocycles. The standard InChI is InChI=1S/C25H29ClN8OS/c1-33(2)24(35)14-3-4-15-12-25(20(27)16(15)11-14)6-9-34(10-7-25)18-13-31-23(22(29)32-18)36-17-5-8-30-21(28)19(17)26/h3-5,8,11,13,20H,6-7,9-10,12,27H2,1-2H3,(H2,28,30)(H2,29,32)/t20-/m1/s1. The van der Waals surface area contributed by atoms with Crippen LogP contribution in [0, 0.1) is 5.41 Å². The van der Waals surface area contributed by atoms with E-state index < -0.39 is 0 Å². The van der Waals surface area contributed by atoms with E-state index >= 15 is 0 Å². The Bertz CT molecular complexity index is 1330. The van der Waals surface area contributed by atoms with Crippen LogP contribution in [0.3, 0.4) is 0 Å². The molecule has 0 saturated carbocycles. The number of aromatic nitrogens is 3. The molecule has 2 aromatic heterocycles. The van der Waals surface area contributed by atoms with Crippen LogP contribution in [0.2, 0.25) is 5.02 Å². The highest BCUT2D eigenvalue weighted by molar-refractivity contribution is 7.99. The van der Waals surface area contributed by atoms with Gasteiger partial charge in [-0.25, -0.2) is 15.0 Å². The second-order valence-corrected chi connectivity index (χ2v) is 11.1. The summed E-state index contributed by atoms with van der Waals surface area (Å²) in [6.07, 6.45) is 6.11. The first-order chi connectivity index (χ1) is 17.2. The molecule has 0 unspecified atom stereocenters. The van der Waals surface area contributed by atoms with Gasteiger partial charge < -0.3 is 27.0 Å². The van der Waals surface area contributed by atoms with Crippen LogP contribution in [0.15, 0.2) is 46.6 Å². The number of amides is 1. The molecule has 3 heterocycles. The Morgan fingerprint density at radius 3 is 2.61 bits per heavy atom. The molecule has 1 aliphatic carbocycles. The van der Waals surface area contributed by atoms with Crippen molar-refractivity contribution in [3.05, 3.63) is 58.4 Å². The van der Waals surface area contributed by atoms with Gasteiger partial charge in [-0.05, 0) is 54.0 Å². The third-order valence-electron chi connectivity index (χ3n) is 7.26. The van der Waals surface area contributed by atoms with Crippen molar-refractivity contribution < 1.29 is 4.79 Å². The summed E-state index contributed by atoms with van der Waals surface area (Å²) < 4.78 is 0. The molecule has 2 aliphatic rings. The third kappa shape index (κ3) is 4.33. The maximum absolute atomic E-state index is 12.4. The number of benzene rings is 1. The summed E-state index contributed by atoms with van der Waals surface area (Å²) in [5.74, 6) is 1.34. The van der Waals surface area contributed by atoms with Gasteiger partial charge in [-0.3, -0.25) is 4.79 Å². The highest BCUT2D eigenvalue weighted by Gasteiger charge is 2.46. The van der Waals surface area contributed by atoms with Crippen molar-refractivity contribution in [2.75, 3.05) is 43.6 Å². The summed E-state index contributed by atoms with van der Waals surface area (Å²) in [7, 11) is 3.52. The van der Waals surface area contributed by atoms with E-state index in [4.69, 9.17) is 28.8 Å².